The highest BCUT2D eigenvalue weighted by molar-refractivity contribution is 6.30. The van der Waals surface area contributed by atoms with Crippen LogP contribution in [0, 0.1) is 0 Å². The average Bonchev–Trinajstić information content (AvgIpc) is 2.51. The van der Waals surface area contributed by atoms with Crippen LogP contribution >= 0.6 is 11.6 Å². The largest absolute Gasteiger partial charge is 0.417 e. The molecule has 0 aromatic heterocycles. The topological polar surface area (TPSA) is 40.6 Å². The van der Waals surface area contributed by atoms with Crippen molar-refractivity contribution in [3.8, 4) is 0 Å². The Kier molecular flexibility index (Phi) is 7.48. The predicted molar refractivity (Wildman–Crippen MR) is 91.0 cm³/mol. The number of carbonyl (C=O) groups is 2. The summed E-state index contributed by atoms with van der Waals surface area (Å²) in [4.78, 5) is 26.5. The first-order chi connectivity index (χ1) is 11.6. The van der Waals surface area contributed by atoms with Crippen molar-refractivity contribution in [2.45, 2.75) is 19.5 Å². The lowest BCUT2D eigenvalue weighted by atomic mass is 10.0. The standard InChI is InChI=1S/C17H20ClF3N2O2/c1-4-9-23(11-16(25)22(2)3)15(24)10-14(17(19,20)21)12-5-7-13(18)8-6-12/h5-8,10H,4,9,11H2,1-3H3/b14-10-. The molecule has 0 bridgehead atoms. The molecular formula is C17H20ClF3N2O2. The molecule has 0 radical (unpaired) electrons. The van der Waals surface area contributed by atoms with Crippen molar-refractivity contribution in [3.63, 3.8) is 0 Å². The summed E-state index contributed by atoms with van der Waals surface area (Å²) in [6.07, 6.45) is -3.67. The van der Waals surface area contributed by atoms with Crippen LogP contribution in [0.4, 0.5) is 13.2 Å². The Morgan fingerprint density at radius 2 is 1.72 bits per heavy atom. The number of rotatable bonds is 6. The van der Waals surface area contributed by atoms with Crippen LogP contribution in [0.1, 0.15) is 18.9 Å². The van der Waals surface area contributed by atoms with Crippen LogP contribution in [0.25, 0.3) is 5.57 Å². The van der Waals surface area contributed by atoms with E-state index in [2.05, 4.69) is 0 Å². The molecule has 1 aromatic carbocycles. The lowest BCUT2D eigenvalue weighted by molar-refractivity contribution is -0.136. The number of nitrogens with zero attached hydrogens (tertiary/aromatic N) is 2. The highest BCUT2D eigenvalue weighted by Gasteiger charge is 2.36. The third-order valence-electron chi connectivity index (χ3n) is 3.36. The van der Waals surface area contributed by atoms with E-state index in [1.54, 1.807) is 6.92 Å². The van der Waals surface area contributed by atoms with Crippen LogP contribution in [0.2, 0.25) is 5.02 Å². The maximum absolute atomic E-state index is 13.4. The molecular weight excluding hydrogens is 357 g/mol. The number of allylic oxidation sites excluding steroid dienone is 1. The Morgan fingerprint density at radius 1 is 1.16 bits per heavy atom. The van der Waals surface area contributed by atoms with Crippen molar-refractivity contribution in [1.82, 2.24) is 9.80 Å². The monoisotopic (exact) mass is 376 g/mol. The molecule has 4 nitrogen and oxygen atoms in total. The van der Waals surface area contributed by atoms with Gasteiger partial charge in [0, 0.05) is 31.7 Å². The summed E-state index contributed by atoms with van der Waals surface area (Å²) in [5.41, 5.74) is -1.24. The fourth-order valence-corrected chi connectivity index (χ4v) is 2.14. The molecule has 1 aromatic rings. The minimum atomic E-state index is -4.72. The molecule has 0 saturated carbocycles. The zero-order valence-electron chi connectivity index (χ0n) is 14.2. The second kappa shape index (κ2) is 8.89. The summed E-state index contributed by atoms with van der Waals surface area (Å²) in [5, 5.41) is 0.292. The van der Waals surface area contributed by atoms with Crippen molar-refractivity contribution in [1.29, 1.82) is 0 Å². The summed E-state index contributed by atoms with van der Waals surface area (Å²) in [7, 11) is 3.03. The van der Waals surface area contributed by atoms with Gasteiger partial charge in [-0.1, -0.05) is 30.7 Å². The summed E-state index contributed by atoms with van der Waals surface area (Å²) in [6.45, 7) is 1.68. The number of benzene rings is 1. The van der Waals surface area contributed by atoms with Gasteiger partial charge in [0.05, 0.1) is 12.1 Å². The summed E-state index contributed by atoms with van der Waals surface area (Å²) in [6, 6.07) is 5.04. The van der Waals surface area contributed by atoms with Gasteiger partial charge in [0.15, 0.2) is 0 Å². The molecule has 2 amide bonds. The van der Waals surface area contributed by atoms with Gasteiger partial charge in [0.2, 0.25) is 11.8 Å². The molecule has 0 fully saturated rings. The maximum Gasteiger partial charge on any atom is 0.417 e. The maximum atomic E-state index is 13.4. The fraction of sp³-hybridized carbons (Fsp3) is 0.412. The summed E-state index contributed by atoms with van der Waals surface area (Å²) < 4.78 is 40.1. The van der Waals surface area contributed by atoms with Gasteiger partial charge in [-0.3, -0.25) is 9.59 Å². The number of alkyl halides is 3. The number of hydrogen-bond acceptors (Lipinski definition) is 2. The highest BCUT2D eigenvalue weighted by atomic mass is 35.5. The Labute approximate surface area is 149 Å². The highest BCUT2D eigenvalue weighted by Crippen LogP contribution is 2.34. The van der Waals surface area contributed by atoms with E-state index in [0.717, 1.165) is 4.90 Å². The van der Waals surface area contributed by atoms with E-state index in [9.17, 15) is 22.8 Å². The summed E-state index contributed by atoms with van der Waals surface area (Å²) in [5.74, 6) is -1.23. The van der Waals surface area contributed by atoms with Crippen molar-refractivity contribution < 1.29 is 22.8 Å². The van der Waals surface area contributed by atoms with Crippen LogP contribution in [0.5, 0.6) is 0 Å². The number of hydrogen-bond donors (Lipinski definition) is 0. The van der Waals surface area contributed by atoms with Gasteiger partial charge < -0.3 is 9.80 Å². The van der Waals surface area contributed by atoms with E-state index in [-0.39, 0.29) is 24.6 Å². The van der Waals surface area contributed by atoms with Crippen molar-refractivity contribution in [3.05, 3.63) is 40.9 Å². The van der Waals surface area contributed by atoms with Crippen molar-refractivity contribution in [2.75, 3.05) is 27.2 Å². The lowest BCUT2D eigenvalue weighted by Gasteiger charge is -2.23. The van der Waals surface area contributed by atoms with Gasteiger partial charge >= 0.3 is 6.18 Å². The number of carbonyl (C=O) groups excluding carboxylic acids is 2. The second-order valence-corrected chi connectivity index (χ2v) is 6.05. The van der Waals surface area contributed by atoms with Crippen LogP contribution in [0.15, 0.2) is 30.3 Å². The van der Waals surface area contributed by atoms with Gasteiger partial charge in [-0.05, 0) is 24.1 Å². The Hall–Kier alpha value is -2.02. The molecule has 8 heteroatoms. The molecule has 0 N–H and O–H groups in total. The number of amides is 2. The predicted octanol–water partition coefficient (Wildman–Crippen LogP) is 3.61. The zero-order chi connectivity index (χ0) is 19.2. The Morgan fingerprint density at radius 3 is 2.16 bits per heavy atom. The zero-order valence-corrected chi connectivity index (χ0v) is 15.0. The lowest BCUT2D eigenvalue weighted by Crippen LogP contribution is -2.40. The minimum absolute atomic E-state index is 0.166. The van der Waals surface area contributed by atoms with E-state index in [1.807, 2.05) is 0 Å². The average molecular weight is 377 g/mol. The Balaban J connectivity index is 3.18. The molecule has 0 heterocycles. The molecule has 1 rings (SSSR count). The normalized spacial score (nSPS) is 12.0. The number of likely N-dealkylation sites (N-methyl/N-ethyl adjacent to an activating group) is 1. The molecule has 0 unspecified atom stereocenters. The van der Waals surface area contributed by atoms with Gasteiger partial charge in [-0.15, -0.1) is 0 Å². The molecule has 25 heavy (non-hydrogen) atoms. The second-order valence-electron chi connectivity index (χ2n) is 5.61. The first-order valence-corrected chi connectivity index (χ1v) is 7.98. The van der Waals surface area contributed by atoms with Crippen molar-refractivity contribution in [2.24, 2.45) is 0 Å². The number of halogens is 4. The SMILES string of the molecule is CCCN(CC(=O)N(C)C)C(=O)/C=C(/c1ccc(Cl)cc1)C(F)(F)F. The molecule has 0 atom stereocenters. The fourth-order valence-electron chi connectivity index (χ4n) is 2.01. The van der Waals surface area contributed by atoms with Crippen molar-refractivity contribution >= 4 is 29.0 Å². The van der Waals surface area contributed by atoms with Gasteiger partial charge in [0.25, 0.3) is 0 Å². The van der Waals surface area contributed by atoms with E-state index < -0.39 is 17.7 Å². The van der Waals surface area contributed by atoms with E-state index >= 15 is 0 Å². The van der Waals surface area contributed by atoms with Gasteiger partial charge in [-0.2, -0.15) is 13.2 Å². The molecule has 0 aliphatic rings. The molecule has 0 aliphatic heterocycles. The van der Waals surface area contributed by atoms with Crippen LogP contribution < -0.4 is 0 Å². The third kappa shape index (κ3) is 6.42. The first kappa shape index (κ1) is 21.0. The van der Waals surface area contributed by atoms with Crippen LogP contribution in [-0.2, 0) is 9.59 Å². The van der Waals surface area contributed by atoms with E-state index in [4.69, 9.17) is 11.6 Å². The summed E-state index contributed by atoms with van der Waals surface area (Å²) >= 11 is 5.70. The Bertz CT molecular complexity index is 640. The van der Waals surface area contributed by atoms with E-state index in [1.165, 1.54) is 43.3 Å². The van der Waals surface area contributed by atoms with Gasteiger partial charge in [-0.25, -0.2) is 0 Å². The quantitative estimate of drug-likeness (QED) is 0.711. The third-order valence-corrected chi connectivity index (χ3v) is 3.61. The minimum Gasteiger partial charge on any atom is -0.347 e. The molecule has 0 aliphatic carbocycles. The molecule has 0 saturated heterocycles. The smallest absolute Gasteiger partial charge is 0.347 e. The molecule has 138 valence electrons. The van der Waals surface area contributed by atoms with Gasteiger partial charge in [0.1, 0.15) is 0 Å². The van der Waals surface area contributed by atoms with E-state index in [0.29, 0.717) is 17.5 Å². The first-order valence-electron chi connectivity index (χ1n) is 7.60. The van der Waals surface area contributed by atoms with Crippen LogP contribution in [0.3, 0.4) is 0 Å². The van der Waals surface area contributed by atoms with Crippen LogP contribution in [-0.4, -0.2) is 55.0 Å². The molecule has 0 spiro atoms.